The molecule has 2 rings (SSSR count). The van der Waals surface area contributed by atoms with Gasteiger partial charge in [0.2, 0.25) is 0 Å². The van der Waals surface area contributed by atoms with Gasteiger partial charge in [-0.05, 0) is 18.7 Å². The molecule has 0 radical (unpaired) electrons. The Kier molecular flexibility index (Phi) is 3.91. The quantitative estimate of drug-likeness (QED) is 0.648. The minimum absolute atomic E-state index is 0.219. The first kappa shape index (κ1) is 13.9. The third kappa shape index (κ3) is 2.90. The number of fused-ring (bicyclic) bond motifs is 1. The van der Waals surface area contributed by atoms with Crippen molar-refractivity contribution in [3.05, 3.63) is 34.2 Å². The van der Waals surface area contributed by atoms with Crippen LogP contribution in [0.1, 0.15) is 12.0 Å². The van der Waals surface area contributed by atoms with Crippen LogP contribution < -0.4 is 5.63 Å². The van der Waals surface area contributed by atoms with Gasteiger partial charge in [0.05, 0.1) is 6.07 Å². The maximum Gasteiger partial charge on any atom is 0.336 e. The highest BCUT2D eigenvalue weighted by molar-refractivity contribution is 5.83. The van der Waals surface area contributed by atoms with Crippen molar-refractivity contribution >= 4 is 11.0 Å². The summed E-state index contributed by atoms with van der Waals surface area (Å²) >= 11 is 0. The van der Waals surface area contributed by atoms with Crippen LogP contribution >= 0.6 is 0 Å². The number of rotatable bonds is 4. The third-order valence-corrected chi connectivity index (χ3v) is 2.97. The van der Waals surface area contributed by atoms with Crippen LogP contribution in [0.15, 0.2) is 27.4 Å². The van der Waals surface area contributed by atoms with E-state index in [1.165, 1.54) is 18.2 Å². The second kappa shape index (κ2) is 5.63. The van der Waals surface area contributed by atoms with Gasteiger partial charge in [0.1, 0.15) is 5.58 Å². The Morgan fingerprint density at radius 3 is 2.70 bits per heavy atom. The van der Waals surface area contributed by atoms with Crippen LogP contribution in [0.5, 0.6) is 11.5 Å². The standard InChI is InChI=1S/C14H14N2O4/c1-16(4-2-3-15)8-9-5-14(19)20-13-7-12(18)11(17)6-10(9)13/h5-7,17-18H,2,4,8H2,1H3. The minimum Gasteiger partial charge on any atom is -0.504 e. The van der Waals surface area contributed by atoms with Crippen LogP contribution in [0.25, 0.3) is 11.0 Å². The predicted molar refractivity (Wildman–Crippen MR) is 72.4 cm³/mol. The molecule has 1 aromatic heterocycles. The van der Waals surface area contributed by atoms with Gasteiger partial charge in [0, 0.05) is 37.0 Å². The molecule has 0 amide bonds. The second-order valence-corrected chi connectivity index (χ2v) is 4.57. The SMILES string of the molecule is CN(CCC#N)Cc1cc(=O)oc2cc(O)c(O)cc12. The molecule has 0 saturated carbocycles. The summed E-state index contributed by atoms with van der Waals surface area (Å²) in [4.78, 5) is 13.4. The molecule has 0 unspecified atom stereocenters. The van der Waals surface area contributed by atoms with Gasteiger partial charge in [-0.1, -0.05) is 0 Å². The molecule has 0 bridgehead atoms. The topological polar surface area (TPSA) is 97.7 Å². The Labute approximate surface area is 115 Å². The molecule has 6 heteroatoms. The number of phenols is 2. The maximum absolute atomic E-state index is 11.5. The van der Waals surface area contributed by atoms with E-state index in [0.29, 0.717) is 30.5 Å². The van der Waals surface area contributed by atoms with E-state index in [1.54, 1.807) is 0 Å². The Morgan fingerprint density at radius 1 is 1.30 bits per heavy atom. The minimum atomic E-state index is -0.522. The Bertz CT molecular complexity index is 730. The summed E-state index contributed by atoms with van der Waals surface area (Å²) < 4.78 is 5.00. The fourth-order valence-corrected chi connectivity index (χ4v) is 1.99. The zero-order valence-electron chi connectivity index (χ0n) is 11.0. The second-order valence-electron chi connectivity index (χ2n) is 4.57. The summed E-state index contributed by atoms with van der Waals surface area (Å²) in [5.41, 5.74) is 0.370. The lowest BCUT2D eigenvalue weighted by Crippen LogP contribution is -2.19. The van der Waals surface area contributed by atoms with Crippen LogP contribution in [0.3, 0.4) is 0 Å². The fourth-order valence-electron chi connectivity index (χ4n) is 1.99. The van der Waals surface area contributed by atoms with E-state index in [-0.39, 0.29) is 17.1 Å². The average Bonchev–Trinajstić information content (AvgIpc) is 2.38. The van der Waals surface area contributed by atoms with Crippen LogP contribution in [-0.4, -0.2) is 28.7 Å². The van der Waals surface area contributed by atoms with Crippen molar-refractivity contribution < 1.29 is 14.6 Å². The Hall–Kier alpha value is -2.52. The van der Waals surface area contributed by atoms with Crippen LogP contribution in [0, 0.1) is 11.3 Å². The van der Waals surface area contributed by atoms with E-state index in [0.717, 1.165) is 0 Å². The van der Waals surface area contributed by atoms with Gasteiger partial charge in [0.25, 0.3) is 0 Å². The molecule has 20 heavy (non-hydrogen) atoms. The van der Waals surface area contributed by atoms with E-state index in [9.17, 15) is 15.0 Å². The number of aromatic hydroxyl groups is 2. The monoisotopic (exact) mass is 274 g/mol. The van der Waals surface area contributed by atoms with E-state index < -0.39 is 5.63 Å². The molecular weight excluding hydrogens is 260 g/mol. The number of hydrogen-bond acceptors (Lipinski definition) is 6. The first-order chi connectivity index (χ1) is 9.51. The van der Waals surface area contributed by atoms with Crippen molar-refractivity contribution in [2.75, 3.05) is 13.6 Å². The van der Waals surface area contributed by atoms with Gasteiger partial charge in [-0.3, -0.25) is 0 Å². The molecule has 1 heterocycles. The summed E-state index contributed by atoms with van der Waals surface area (Å²) in [5, 5.41) is 28.1. The summed E-state index contributed by atoms with van der Waals surface area (Å²) in [7, 11) is 1.83. The molecule has 0 atom stereocenters. The van der Waals surface area contributed by atoms with Crippen molar-refractivity contribution in [2.24, 2.45) is 0 Å². The number of nitriles is 1. The van der Waals surface area contributed by atoms with Gasteiger partial charge in [-0.15, -0.1) is 0 Å². The molecule has 104 valence electrons. The molecule has 6 nitrogen and oxygen atoms in total. The van der Waals surface area contributed by atoms with Crippen molar-refractivity contribution in [3.8, 4) is 17.6 Å². The largest absolute Gasteiger partial charge is 0.504 e. The van der Waals surface area contributed by atoms with Crippen LogP contribution in [0.4, 0.5) is 0 Å². The molecule has 0 aliphatic rings. The summed E-state index contributed by atoms with van der Waals surface area (Å²) in [6.45, 7) is 1.01. The van der Waals surface area contributed by atoms with E-state index >= 15 is 0 Å². The lowest BCUT2D eigenvalue weighted by atomic mass is 10.1. The van der Waals surface area contributed by atoms with E-state index in [2.05, 4.69) is 6.07 Å². The van der Waals surface area contributed by atoms with Crippen LogP contribution in [0.2, 0.25) is 0 Å². The first-order valence-corrected chi connectivity index (χ1v) is 6.05. The zero-order valence-corrected chi connectivity index (χ0v) is 11.0. The van der Waals surface area contributed by atoms with Crippen molar-refractivity contribution in [1.82, 2.24) is 4.90 Å². The molecule has 0 saturated heterocycles. The van der Waals surface area contributed by atoms with Gasteiger partial charge in [-0.25, -0.2) is 4.79 Å². The summed E-state index contributed by atoms with van der Waals surface area (Å²) in [6.07, 6.45) is 0.391. The molecule has 0 aliphatic carbocycles. The predicted octanol–water partition coefficient (Wildman–Crippen LogP) is 1.55. The highest BCUT2D eigenvalue weighted by Crippen LogP contribution is 2.31. The first-order valence-electron chi connectivity index (χ1n) is 6.05. The van der Waals surface area contributed by atoms with E-state index in [4.69, 9.17) is 9.68 Å². The summed E-state index contributed by atoms with van der Waals surface area (Å²) in [5.74, 6) is -0.608. The van der Waals surface area contributed by atoms with Gasteiger partial charge in [0.15, 0.2) is 11.5 Å². The molecule has 2 N–H and O–H groups in total. The number of phenolic OH excluding ortho intramolecular Hbond substituents is 2. The molecule has 0 spiro atoms. The average molecular weight is 274 g/mol. The Morgan fingerprint density at radius 2 is 2.00 bits per heavy atom. The number of benzene rings is 1. The van der Waals surface area contributed by atoms with Crippen LogP contribution in [-0.2, 0) is 6.54 Å². The van der Waals surface area contributed by atoms with Gasteiger partial charge >= 0.3 is 5.63 Å². The fraction of sp³-hybridized carbons (Fsp3) is 0.286. The lowest BCUT2D eigenvalue weighted by Gasteiger charge is -2.15. The molecule has 0 aliphatic heterocycles. The normalized spacial score (nSPS) is 10.8. The van der Waals surface area contributed by atoms with Crippen molar-refractivity contribution in [1.29, 1.82) is 5.26 Å². The molecule has 0 fully saturated rings. The number of hydrogen-bond donors (Lipinski definition) is 2. The highest BCUT2D eigenvalue weighted by atomic mass is 16.4. The molecular formula is C14H14N2O4. The molecule has 1 aromatic carbocycles. The maximum atomic E-state index is 11.5. The van der Waals surface area contributed by atoms with Crippen molar-refractivity contribution in [3.63, 3.8) is 0 Å². The number of nitrogens with zero attached hydrogens (tertiary/aromatic N) is 2. The Balaban J connectivity index is 2.44. The molecule has 2 aromatic rings. The van der Waals surface area contributed by atoms with Crippen molar-refractivity contribution in [2.45, 2.75) is 13.0 Å². The zero-order chi connectivity index (χ0) is 14.7. The summed E-state index contributed by atoms with van der Waals surface area (Å²) in [6, 6.07) is 5.98. The smallest absolute Gasteiger partial charge is 0.336 e. The lowest BCUT2D eigenvalue weighted by molar-refractivity contribution is 0.335. The third-order valence-electron chi connectivity index (χ3n) is 2.97. The highest BCUT2D eigenvalue weighted by Gasteiger charge is 2.11. The van der Waals surface area contributed by atoms with E-state index in [1.807, 2.05) is 11.9 Å². The van der Waals surface area contributed by atoms with Gasteiger partial charge in [-0.2, -0.15) is 5.26 Å². The van der Waals surface area contributed by atoms with Gasteiger partial charge < -0.3 is 19.5 Å².